The first-order valence-electron chi connectivity index (χ1n) is 5.36. The lowest BCUT2D eigenvalue weighted by molar-refractivity contribution is 0.759. The van der Waals surface area contributed by atoms with Crippen LogP contribution in [0.15, 0.2) is 12.1 Å². The van der Waals surface area contributed by atoms with Gasteiger partial charge in [-0.2, -0.15) is 0 Å². The molecule has 0 fully saturated rings. The predicted octanol–water partition coefficient (Wildman–Crippen LogP) is 0.307. The largest absolute Gasteiger partial charge is 0.0677 e. The molecule has 0 bridgehead atoms. The standard InChI is InChI=1S/C12H22Si2/c1-8-7-11(14-12(3,4)5)9(2)6-10(8)13/h6-7H,14H2,1-5,13H3. The Kier molecular flexibility index (Phi) is 3.37. The summed E-state index contributed by atoms with van der Waals surface area (Å²) in [7, 11) is 1.06. The number of benzene rings is 1. The molecular weight excluding hydrogens is 200 g/mol. The molecule has 0 radical (unpaired) electrons. The Bertz CT molecular complexity index is 335. The SMILES string of the molecule is Cc1cc([SiH2]C(C)(C)C)c(C)cc1[SiH3]. The average Bonchev–Trinajstić information content (AvgIpc) is 1.97. The molecule has 2 heteroatoms. The van der Waals surface area contributed by atoms with Gasteiger partial charge in [-0.15, -0.1) is 0 Å². The Hall–Kier alpha value is -0.346. The van der Waals surface area contributed by atoms with Gasteiger partial charge in [-0.1, -0.05) is 54.4 Å². The molecule has 0 aliphatic carbocycles. The lowest BCUT2D eigenvalue weighted by atomic mass is 10.2. The molecule has 1 aromatic rings. The highest BCUT2D eigenvalue weighted by atomic mass is 28.2. The summed E-state index contributed by atoms with van der Waals surface area (Å²) in [5.41, 5.74) is 3.04. The maximum atomic E-state index is 2.44. The van der Waals surface area contributed by atoms with Crippen molar-refractivity contribution in [2.24, 2.45) is 0 Å². The molecule has 0 aliphatic heterocycles. The Morgan fingerprint density at radius 3 is 2.14 bits per heavy atom. The van der Waals surface area contributed by atoms with E-state index in [1.165, 1.54) is 21.4 Å². The fourth-order valence-corrected chi connectivity index (χ4v) is 4.29. The summed E-state index contributed by atoms with van der Waals surface area (Å²) < 4.78 is 0. The third-order valence-electron chi connectivity index (χ3n) is 2.67. The highest BCUT2D eigenvalue weighted by Crippen LogP contribution is 2.19. The zero-order chi connectivity index (χ0) is 10.9. The highest BCUT2D eigenvalue weighted by molar-refractivity contribution is 6.57. The monoisotopic (exact) mass is 222 g/mol. The van der Waals surface area contributed by atoms with Crippen LogP contribution in [-0.2, 0) is 0 Å². The van der Waals surface area contributed by atoms with Crippen LogP contribution in [0.5, 0.6) is 0 Å². The number of hydrogen-bond acceptors (Lipinski definition) is 0. The predicted molar refractivity (Wildman–Crippen MR) is 73.4 cm³/mol. The molecule has 0 aromatic heterocycles. The molecule has 0 nitrogen and oxygen atoms in total. The Balaban J connectivity index is 3.04. The van der Waals surface area contributed by atoms with Gasteiger partial charge in [0.25, 0.3) is 0 Å². The Labute approximate surface area is 93.4 Å². The van der Waals surface area contributed by atoms with Crippen LogP contribution in [0.4, 0.5) is 0 Å². The van der Waals surface area contributed by atoms with Gasteiger partial charge in [0.2, 0.25) is 0 Å². The Morgan fingerprint density at radius 1 is 1.07 bits per heavy atom. The van der Waals surface area contributed by atoms with E-state index in [0.717, 1.165) is 0 Å². The first-order chi connectivity index (χ1) is 6.29. The van der Waals surface area contributed by atoms with E-state index in [9.17, 15) is 0 Å². The van der Waals surface area contributed by atoms with Crippen LogP contribution >= 0.6 is 0 Å². The molecule has 0 N–H and O–H groups in total. The van der Waals surface area contributed by atoms with Gasteiger partial charge in [-0.3, -0.25) is 0 Å². The minimum atomic E-state index is -0.124. The fraction of sp³-hybridized carbons (Fsp3) is 0.500. The number of hydrogen-bond donors (Lipinski definition) is 0. The minimum Gasteiger partial charge on any atom is -0.0677 e. The van der Waals surface area contributed by atoms with Crippen LogP contribution in [0.25, 0.3) is 0 Å². The van der Waals surface area contributed by atoms with E-state index in [0.29, 0.717) is 5.04 Å². The maximum Gasteiger partial charge on any atom is 0.0604 e. The average molecular weight is 222 g/mol. The summed E-state index contributed by atoms with van der Waals surface area (Å²) >= 11 is 0. The van der Waals surface area contributed by atoms with Crippen LogP contribution in [0.3, 0.4) is 0 Å². The van der Waals surface area contributed by atoms with E-state index in [1.807, 2.05) is 0 Å². The molecule has 0 amide bonds. The second-order valence-electron chi connectivity index (χ2n) is 5.60. The smallest absolute Gasteiger partial charge is 0.0604 e. The van der Waals surface area contributed by atoms with Crippen LogP contribution in [0, 0.1) is 13.8 Å². The lowest BCUT2D eigenvalue weighted by Crippen LogP contribution is -2.28. The Morgan fingerprint density at radius 2 is 1.64 bits per heavy atom. The van der Waals surface area contributed by atoms with E-state index >= 15 is 0 Å². The van der Waals surface area contributed by atoms with Crippen LogP contribution < -0.4 is 10.4 Å². The van der Waals surface area contributed by atoms with Crippen LogP contribution in [0.2, 0.25) is 5.04 Å². The molecular formula is C12H22Si2. The van der Waals surface area contributed by atoms with E-state index in [1.54, 1.807) is 10.4 Å². The van der Waals surface area contributed by atoms with Crippen molar-refractivity contribution in [3.05, 3.63) is 23.3 Å². The quantitative estimate of drug-likeness (QED) is 0.600. The van der Waals surface area contributed by atoms with Crippen LogP contribution in [0.1, 0.15) is 31.9 Å². The third kappa shape index (κ3) is 3.10. The molecule has 1 aromatic carbocycles. The van der Waals surface area contributed by atoms with Crippen molar-refractivity contribution < 1.29 is 0 Å². The second-order valence-corrected chi connectivity index (χ2v) is 9.91. The molecule has 0 heterocycles. The first kappa shape index (κ1) is 11.7. The fourth-order valence-electron chi connectivity index (χ4n) is 1.78. The molecule has 0 saturated carbocycles. The molecule has 14 heavy (non-hydrogen) atoms. The van der Waals surface area contributed by atoms with Gasteiger partial charge in [0.1, 0.15) is 0 Å². The summed E-state index contributed by atoms with van der Waals surface area (Å²) in [5, 5.41) is 3.76. The zero-order valence-electron chi connectivity index (χ0n) is 10.4. The summed E-state index contributed by atoms with van der Waals surface area (Å²) in [5.74, 6) is 0. The van der Waals surface area contributed by atoms with Crippen molar-refractivity contribution in [1.82, 2.24) is 0 Å². The lowest BCUT2D eigenvalue weighted by Gasteiger charge is -2.19. The maximum absolute atomic E-state index is 2.44. The van der Waals surface area contributed by atoms with Crippen molar-refractivity contribution in [2.45, 2.75) is 39.7 Å². The summed E-state index contributed by atoms with van der Waals surface area (Å²) in [4.78, 5) is 0. The summed E-state index contributed by atoms with van der Waals surface area (Å²) in [6.07, 6.45) is 0. The van der Waals surface area contributed by atoms with E-state index < -0.39 is 0 Å². The third-order valence-corrected chi connectivity index (χ3v) is 5.95. The van der Waals surface area contributed by atoms with Crippen molar-refractivity contribution in [3.8, 4) is 0 Å². The van der Waals surface area contributed by atoms with Crippen molar-refractivity contribution in [3.63, 3.8) is 0 Å². The first-order valence-corrected chi connectivity index (χ1v) is 7.78. The normalized spacial score (nSPS) is 12.9. The highest BCUT2D eigenvalue weighted by Gasteiger charge is 2.14. The molecule has 78 valence electrons. The number of aryl methyl sites for hydroxylation is 2. The topological polar surface area (TPSA) is 0 Å². The van der Waals surface area contributed by atoms with Crippen molar-refractivity contribution in [2.75, 3.05) is 0 Å². The second kappa shape index (κ2) is 4.03. The van der Waals surface area contributed by atoms with Crippen molar-refractivity contribution in [1.29, 1.82) is 0 Å². The molecule has 1 rings (SSSR count). The van der Waals surface area contributed by atoms with Gasteiger partial charge >= 0.3 is 0 Å². The van der Waals surface area contributed by atoms with E-state index in [-0.39, 0.29) is 9.52 Å². The van der Waals surface area contributed by atoms with Crippen molar-refractivity contribution >= 4 is 30.1 Å². The molecule has 0 unspecified atom stereocenters. The van der Waals surface area contributed by atoms with E-state index in [2.05, 4.69) is 46.8 Å². The van der Waals surface area contributed by atoms with Gasteiger partial charge < -0.3 is 0 Å². The summed E-state index contributed by atoms with van der Waals surface area (Å²) in [6.45, 7) is 11.6. The molecule has 0 atom stereocenters. The van der Waals surface area contributed by atoms with Gasteiger partial charge in [-0.25, -0.2) is 0 Å². The van der Waals surface area contributed by atoms with Crippen LogP contribution in [-0.4, -0.2) is 19.8 Å². The molecule has 0 spiro atoms. The van der Waals surface area contributed by atoms with Gasteiger partial charge in [0.05, 0.1) is 9.52 Å². The minimum absolute atomic E-state index is 0.124. The van der Waals surface area contributed by atoms with Gasteiger partial charge in [0.15, 0.2) is 0 Å². The van der Waals surface area contributed by atoms with Gasteiger partial charge in [0, 0.05) is 10.2 Å². The molecule has 0 aliphatic rings. The number of rotatable bonds is 1. The van der Waals surface area contributed by atoms with Gasteiger partial charge in [-0.05, 0) is 18.9 Å². The molecule has 0 saturated heterocycles. The van der Waals surface area contributed by atoms with E-state index in [4.69, 9.17) is 0 Å². The summed E-state index contributed by atoms with van der Waals surface area (Å²) in [6, 6.07) is 4.84. The zero-order valence-corrected chi connectivity index (χ0v) is 13.8.